The van der Waals surface area contributed by atoms with Gasteiger partial charge in [0.1, 0.15) is 5.00 Å². The third-order valence-electron chi connectivity index (χ3n) is 3.37. The van der Waals surface area contributed by atoms with Crippen LogP contribution in [-0.2, 0) is 4.74 Å². The Labute approximate surface area is 153 Å². The van der Waals surface area contributed by atoms with Crippen molar-refractivity contribution in [2.75, 3.05) is 17.7 Å². The first-order valence-corrected chi connectivity index (χ1v) is 8.87. The fourth-order valence-corrected chi connectivity index (χ4v) is 3.96. The van der Waals surface area contributed by atoms with E-state index in [4.69, 9.17) is 17.0 Å². The molecule has 0 unspecified atom stereocenters. The molecule has 2 aromatic rings. The number of thiophene rings is 1. The molecule has 0 fully saturated rings. The Morgan fingerprint density at radius 2 is 1.96 bits per heavy atom. The second kappa shape index (κ2) is 7.42. The van der Waals surface area contributed by atoms with Crippen LogP contribution in [0.25, 0.3) is 0 Å². The van der Waals surface area contributed by atoms with Crippen LogP contribution in [0.5, 0.6) is 0 Å². The molecule has 0 saturated carbocycles. The van der Waals surface area contributed by atoms with Gasteiger partial charge in [0.15, 0.2) is 5.11 Å². The molecule has 4 nitrogen and oxygen atoms in total. The maximum atomic E-state index is 12.0. The zero-order chi connectivity index (χ0) is 17.1. The summed E-state index contributed by atoms with van der Waals surface area (Å²) in [5.74, 6) is -0.367. The highest BCUT2D eigenvalue weighted by atomic mass is 79.9. The molecule has 1 aromatic heterocycles. The molecule has 0 atom stereocenters. The molecule has 0 amide bonds. The maximum absolute atomic E-state index is 12.0. The first-order valence-electron chi connectivity index (χ1n) is 6.86. The van der Waals surface area contributed by atoms with Crippen LogP contribution in [0.3, 0.4) is 0 Å². The lowest BCUT2D eigenvalue weighted by molar-refractivity contribution is 0.0601. The van der Waals surface area contributed by atoms with Crippen molar-refractivity contribution in [3.63, 3.8) is 0 Å². The molecule has 7 heteroatoms. The van der Waals surface area contributed by atoms with E-state index in [-0.39, 0.29) is 5.97 Å². The number of esters is 1. The van der Waals surface area contributed by atoms with Crippen LogP contribution in [0, 0.1) is 20.8 Å². The number of methoxy groups -OCH3 is 1. The molecule has 122 valence electrons. The largest absolute Gasteiger partial charge is 0.465 e. The van der Waals surface area contributed by atoms with Crippen molar-refractivity contribution < 1.29 is 9.53 Å². The average Bonchev–Trinajstić information content (AvgIpc) is 2.76. The van der Waals surface area contributed by atoms with Crippen LogP contribution in [0.15, 0.2) is 22.7 Å². The quantitative estimate of drug-likeness (QED) is 0.546. The van der Waals surface area contributed by atoms with Crippen molar-refractivity contribution in [3.8, 4) is 0 Å². The lowest BCUT2D eigenvalue weighted by Gasteiger charge is -2.12. The van der Waals surface area contributed by atoms with Gasteiger partial charge in [0, 0.05) is 9.35 Å². The zero-order valence-corrected chi connectivity index (χ0v) is 16.5. The van der Waals surface area contributed by atoms with E-state index in [0.29, 0.717) is 15.7 Å². The fourth-order valence-electron chi connectivity index (χ4n) is 2.04. The summed E-state index contributed by atoms with van der Waals surface area (Å²) in [6.07, 6.45) is 0. The summed E-state index contributed by atoms with van der Waals surface area (Å²) in [6, 6.07) is 5.94. The smallest absolute Gasteiger partial charge is 0.341 e. The van der Waals surface area contributed by atoms with Crippen LogP contribution in [0.2, 0.25) is 0 Å². The molecule has 0 saturated heterocycles. The monoisotopic (exact) mass is 412 g/mol. The molecule has 0 aliphatic heterocycles. The topological polar surface area (TPSA) is 50.4 Å². The fraction of sp³-hybridized carbons (Fsp3) is 0.250. The number of carbonyl (C=O) groups is 1. The van der Waals surface area contributed by atoms with Crippen molar-refractivity contribution in [3.05, 3.63) is 44.2 Å². The molecular formula is C16H17BrN2O2S2. The number of hydrogen-bond acceptors (Lipinski definition) is 4. The molecule has 0 aliphatic carbocycles. The summed E-state index contributed by atoms with van der Waals surface area (Å²) >= 11 is 10.3. The van der Waals surface area contributed by atoms with Gasteiger partial charge in [-0.2, -0.15) is 0 Å². The third kappa shape index (κ3) is 4.10. The van der Waals surface area contributed by atoms with Gasteiger partial charge in [0.25, 0.3) is 0 Å². The van der Waals surface area contributed by atoms with E-state index in [9.17, 15) is 4.79 Å². The van der Waals surface area contributed by atoms with Crippen molar-refractivity contribution in [2.24, 2.45) is 0 Å². The van der Waals surface area contributed by atoms with Gasteiger partial charge in [-0.05, 0) is 72.2 Å². The number of nitrogens with one attached hydrogen (secondary N) is 2. The zero-order valence-electron chi connectivity index (χ0n) is 13.2. The Kier molecular flexibility index (Phi) is 5.78. The molecule has 0 spiro atoms. The van der Waals surface area contributed by atoms with Crippen molar-refractivity contribution in [2.45, 2.75) is 20.8 Å². The Morgan fingerprint density at radius 1 is 1.26 bits per heavy atom. The summed E-state index contributed by atoms with van der Waals surface area (Å²) in [4.78, 5) is 13.0. The molecular weight excluding hydrogens is 396 g/mol. The number of anilines is 2. The van der Waals surface area contributed by atoms with Crippen LogP contribution in [-0.4, -0.2) is 18.2 Å². The Bertz CT molecular complexity index is 772. The van der Waals surface area contributed by atoms with Gasteiger partial charge in [0.2, 0.25) is 0 Å². The predicted molar refractivity (Wildman–Crippen MR) is 104 cm³/mol. The number of aryl methyl sites for hydroxylation is 2. The van der Waals surface area contributed by atoms with Crippen LogP contribution < -0.4 is 10.6 Å². The first-order chi connectivity index (χ1) is 10.8. The summed E-state index contributed by atoms with van der Waals surface area (Å²) < 4.78 is 5.78. The third-order valence-corrected chi connectivity index (χ3v) is 5.36. The van der Waals surface area contributed by atoms with Crippen LogP contribution in [0.1, 0.15) is 26.4 Å². The number of carbonyl (C=O) groups excluding carboxylic acids is 1. The Morgan fingerprint density at radius 3 is 2.57 bits per heavy atom. The Hall–Kier alpha value is -1.44. The van der Waals surface area contributed by atoms with E-state index in [1.807, 2.05) is 39.0 Å². The average molecular weight is 413 g/mol. The first kappa shape index (κ1) is 17.9. The van der Waals surface area contributed by atoms with E-state index in [1.54, 1.807) is 0 Å². The highest BCUT2D eigenvalue weighted by molar-refractivity contribution is 9.10. The van der Waals surface area contributed by atoms with Gasteiger partial charge in [0.05, 0.1) is 18.4 Å². The molecule has 2 N–H and O–H groups in total. The van der Waals surface area contributed by atoms with Crippen molar-refractivity contribution in [1.82, 2.24) is 0 Å². The van der Waals surface area contributed by atoms with Gasteiger partial charge in [-0.3, -0.25) is 0 Å². The normalized spacial score (nSPS) is 10.3. The molecule has 23 heavy (non-hydrogen) atoms. The second-order valence-corrected chi connectivity index (χ2v) is 7.53. The molecule has 1 aromatic carbocycles. The minimum absolute atomic E-state index is 0.367. The van der Waals surface area contributed by atoms with Gasteiger partial charge < -0.3 is 15.4 Å². The second-order valence-electron chi connectivity index (χ2n) is 5.04. The summed E-state index contributed by atoms with van der Waals surface area (Å²) in [7, 11) is 1.37. The standard InChI is InChI=1S/C16H17BrN2O2S2/c1-8-5-6-12(11(17)7-8)18-16(22)19-14-13(15(20)21-4)9(2)10(3)23-14/h5-7H,1-4H3,(H2,18,19,22). The number of thiocarbonyl (C=S) groups is 1. The van der Waals surface area contributed by atoms with Gasteiger partial charge in [-0.25, -0.2) is 4.79 Å². The van der Waals surface area contributed by atoms with Gasteiger partial charge >= 0.3 is 5.97 Å². The summed E-state index contributed by atoms with van der Waals surface area (Å²) in [5.41, 5.74) is 3.45. The van der Waals surface area contributed by atoms with E-state index >= 15 is 0 Å². The number of ether oxygens (including phenoxy) is 1. The lowest BCUT2D eigenvalue weighted by atomic mass is 10.1. The lowest BCUT2D eigenvalue weighted by Crippen LogP contribution is -2.20. The van der Waals surface area contributed by atoms with Crippen LogP contribution in [0.4, 0.5) is 10.7 Å². The van der Waals surface area contributed by atoms with Crippen LogP contribution >= 0.6 is 39.5 Å². The highest BCUT2D eigenvalue weighted by Gasteiger charge is 2.20. The van der Waals surface area contributed by atoms with Gasteiger partial charge in [-0.15, -0.1) is 11.3 Å². The van der Waals surface area contributed by atoms with E-state index in [0.717, 1.165) is 26.2 Å². The van der Waals surface area contributed by atoms with Crippen molar-refractivity contribution in [1.29, 1.82) is 0 Å². The number of benzene rings is 1. The molecule has 0 aliphatic rings. The highest BCUT2D eigenvalue weighted by Crippen LogP contribution is 2.33. The van der Waals surface area contributed by atoms with E-state index in [2.05, 4.69) is 26.6 Å². The molecule has 0 radical (unpaired) electrons. The van der Waals surface area contributed by atoms with Crippen molar-refractivity contribution >= 4 is 61.3 Å². The predicted octanol–water partition coefficient (Wildman–Crippen LogP) is 5.03. The number of halogens is 1. The summed E-state index contributed by atoms with van der Waals surface area (Å²) in [6.45, 7) is 5.88. The maximum Gasteiger partial charge on any atom is 0.341 e. The van der Waals surface area contributed by atoms with E-state index in [1.165, 1.54) is 18.4 Å². The molecule has 2 rings (SSSR count). The van der Waals surface area contributed by atoms with Gasteiger partial charge in [-0.1, -0.05) is 6.07 Å². The van der Waals surface area contributed by atoms with E-state index < -0.39 is 0 Å². The minimum atomic E-state index is -0.367. The number of hydrogen-bond donors (Lipinski definition) is 2. The SMILES string of the molecule is COC(=O)c1c(NC(=S)Nc2ccc(C)cc2Br)sc(C)c1C. The number of rotatable bonds is 3. The molecule has 0 bridgehead atoms. The Balaban J connectivity index is 2.20. The summed E-state index contributed by atoms with van der Waals surface area (Å²) in [5, 5.41) is 7.33. The minimum Gasteiger partial charge on any atom is -0.465 e. The molecule has 1 heterocycles.